The van der Waals surface area contributed by atoms with Crippen LogP contribution in [0.3, 0.4) is 0 Å². The molecule has 0 radical (unpaired) electrons. The Balaban J connectivity index is 2.13. The minimum Gasteiger partial charge on any atom is -0.464 e. The van der Waals surface area contributed by atoms with Crippen LogP contribution in [-0.2, 0) is 14.3 Å². The molecule has 2 N–H and O–H groups in total. The largest absolute Gasteiger partial charge is 0.464 e. The molecule has 1 unspecified atom stereocenters. The minimum absolute atomic E-state index is 0.319. The molecule has 13 heavy (non-hydrogen) atoms. The molecule has 5 heteroatoms. The lowest BCUT2D eigenvalue weighted by atomic mass is 10.1. The smallest absolute Gasteiger partial charge is 0.323 e. The maximum Gasteiger partial charge on any atom is 0.323 e. The SMILES string of the molecule is N[C@@H](CS)C(=O)OCC1CCOC1. The molecular weight excluding hydrogens is 190 g/mol. The fourth-order valence-corrected chi connectivity index (χ4v) is 1.25. The van der Waals surface area contributed by atoms with E-state index in [4.69, 9.17) is 15.2 Å². The average Bonchev–Trinajstić information content (AvgIpc) is 2.65. The van der Waals surface area contributed by atoms with Gasteiger partial charge in [0.05, 0.1) is 13.2 Å². The first-order chi connectivity index (χ1) is 6.24. The third-order valence-corrected chi connectivity index (χ3v) is 2.38. The first-order valence-electron chi connectivity index (χ1n) is 4.35. The zero-order valence-electron chi connectivity index (χ0n) is 7.44. The highest BCUT2D eigenvalue weighted by Crippen LogP contribution is 2.12. The summed E-state index contributed by atoms with van der Waals surface area (Å²) in [7, 11) is 0. The van der Waals surface area contributed by atoms with Gasteiger partial charge in [0.1, 0.15) is 6.04 Å². The molecule has 0 aliphatic carbocycles. The van der Waals surface area contributed by atoms with E-state index in [0.29, 0.717) is 24.9 Å². The summed E-state index contributed by atoms with van der Waals surface area (Å²) in [5.41, 5.74) is 5.42. The number of carbonyl (C=O) groups is 1. The molecule has 0 spiro atoms. The molecule has 4 nitrogen and oxygen atoms in total. The van der Waals surface area contributed by atoms with E-state index in [1.54, 1.807) is 0 Å². The molecule has 0 aromatic rings. The lowest BCUT2D eigenvalue weighted by Crippen LogP contribution is -2.34. The summed E-state index contributed by atoms with van der Waals surface area (Å²) < 4.78 is 10.1. The Bertz CT molecular complexity index is 171. The van der Waals surface area contributed by atoms with Crippen LogP contribution in [0.1, 0.15) is 6.42 Å². The molecule has 1 fully saturated rings. The summed E-state index contributed by atoms with van der Waals surface area (Å²) in [5, 5.41) is 0. The van der Waals surface area contributed by atoms with Gasteiger partial charge in [-0.05, 0) is 6.42 Å². The van der Waals surface area contributed by atoms with Gasteiger partial charge in [-0.15, -0.1) is 0 Å². The number of hydrogen-bond acceptors (Lipinski definition) is 5. The zero-order valence-corrected chi connectivity index (χ0v) is 8.33. The summed E-state index contributed by atoms with van der Waals surface area (Å²) in [6, 6.07) is -0.606. The van der Waals surface area contributed by atoms with Crippen LogP contribution in [0.2, 0.25) is 0 Å². The lowest BCUT2D eigenvalue weighted by molar-refractivity contribution is -0.145. The van der Waals surface area contributed by atoms with Crippen molar-refractivity contribution in [3.05, 3.63) is 0 Å². The summed E-state index contributed by atoms with van der Waals surface area (Å²) in [4.78, 5) is 11.1. The highest BCUT2D eigenvalue weighted by Gasteiger charge is 2.19. The Morgan fingerprint density at radius 3 is 3.08 bits per heavy atom. The van der Waals surface area contributed by atoms with Gasteiger partial charge >= 0.3 is 5.97 Å². The maximum absolute atomic E-state index is 11.1. The van der Waals surface area contributed by atoms with Crippen molar-refractivity contribution in [3.63, 3.8) is 0 Å². The number of hydrogen-bond donors (Lipinski definition) is 2. The quantitative estimate of drug-likeness (QED) is 0.494. The second-order valence-electron chi connectivity index (χ2n) is 3.15. The standard InChI is InChI=1S/C8H15NO3S/c9-7(5-13)8(10)12-4-6-1-2-11-3-6/h6-7,13H,1-5,9H2/t6?,7-/m0/s1. The Kier molecular flexibility index (Phi) is 4.55. The van der Waals surface area contributed by atoms with Crippen LogP contribution in [0.15, 0.2) is 0 Å². The molecule has 1 rings (SSSR count). The summed E-state index contributed by atoms with van der Waals surface area (Å²) >= 11 is 3.91. The van der Waals surface area contributed by atoms with Crippen molar-refractivity contribution in [1.82, 2.24) is 0 Å². The van der Waals surface area contributed by atoms with Crippen molar-refractivity contribution in [2.75, 3.05) is 25.6 Å². The van der Waals surface area contributed by atoms with E-state index in [9.17, 15) is 4.79 Å². The fourth-order valence-electron chi connectivity index (χ4n) is 1.10. The average molecular weight is 205 g/mol. The van der Waals surface area contributed by atoms with Crippen LogP contribution in [0, 0.1) is 5.92 Å². The molecule has 0 bridgehead atoms. The van der Waals surface area contributed by atoms with E-state index in [-0.39, 0.29) is 5.97 Å². The highest BCUT2D eigenvalue weighted by molar-refractivity contribution is 7.80. The van der Waals surface area contributed by atoms with Crippen molar-refractivity contribution >= 4 is 18.6 Å². The van der Waals surface area contributed by atoms with Crippen molar-refractivity contribution in [1.29, 1.82) is 0 Å². The van der Waals surface area contributed by atoms with Gasteiger partial charge in [-0.3, -0.25) is 4.79 Å². The molecule has 0 saturated carbocycles. The number of esters is 1. The van der Waals surface area contributed by atoms with Crippen LogP contribution in [0.5, 0.6) is 0 Å². The van der Waals surface area contributed by atoms with Crippen molar-refractivity contribution in [2.24, 2.45) is 11.7 Å². The number of nitrogens with two attached hydrogens (primary N) is 1. The van der Waals surface area contributed by atoms with Crippen LogP contribution in [-0.4, -0.2) is 37.6 Å². The van der Waals surface area contributed by atoms with Gasteiger partial charge in [0.2, 0.25) is 0 Å². The van der Waals surface area contributed by atoms with Crippen molar-refractivity contribution in [2.45, 2.75) is 12.5 Å². The molecule has 2 atom stereocenters. The molecule has 0 aromatic heterocycles. The number of rotatable bonds is 4. The van der Waals surface area contributed by atoms with E-state index in [1.807, 2.05) is 0 Å². The molecule has 1 heterocycles. The van der Waals surface area contributed by atoms with Gasteiger partial charge in [0, 0.05) is 18.3 Å². The van der Waals surface area contributed by atoms with Crippen LogP contribution in [0.25, 0.3) is 0 Å². The second-order valence-corrected chi connectivity index (χ2v) is 3.51. The molecule has 1 aliphatic rings. The molecule has 0 aromatic carbocycles. The van der Waals surface area contributed by atoms with E-state index in [2.05, 4.69) is 12.6 Å². The van der Waals surface area contributed by atoms with Crippen LogP contribution in [0.4, 0.5) is 0 Å². The summed E-state index contributed by atoms with van der Waals surface area (Å²) in [5.74, 6) is 0.290. The van der Waals surface area contributed by atoms with Crippen LogP contribution < -0.4 is 5.73 Å². The topological polar surface area (TPSA) is 61.6 Å². The Morgan fingerprint density at radius 2 is 2.54 bits per heavy atom. The lowest BCUT2D eigenvalue weighted by Gasteiger charge is -2.11. The molecule has 1 aliphatic heterocycles. The third-order valence-electron chi connectivity index (χ3n) is 1.98. The Labute approximate surface area is 83.2 Å². The number of carbonyl (C=O) groups excluding carboxylic acids is 1. The minimum atomic E-state index is -0.606. The molecular formula is C8H15NO3S. The van der Waals surface area contributed by atoms with Gasteiger partial charge in [-0.2, -0.15) is 12.6 Å². The van der Waals surface area contributed by atoms with Gasteiger partial charge in [-0.1, -0.05) is 0 Å². The van der Waals surface area contributed by atoms with E-state index in [0.717, 1.165) is 13.0 Å². The van der Waals surface area contributed by atoms with Gasteiger partial charge in [-0.25, -0.2) is 0 Å². The van der Waals surface area contributed by atoms with Crippen molar-refractivity contribution < 1.29 is 14.3 Å². The normalized spacial score (nSPS) is 24.3. The second kappa shape index (κ2) is 5.47. The summed E-state index contributed by atoms with van der Waals surface area (Å²) in [6.45, 7) is 1.87. The predicted molar refractivity (Wildman–Crippen MR) is 51.7 cm³/mol. The Hall–Kier alpha value is -0.260. The fraction of sp³-hybridized carbons (Fsp3) is 0.875. The number of thiol groups is 1. The first kappa shape index (κ1) is 10.8. The van der Waals surface area contributed by atoms with Crippen molar-refractivity contribution in [3.8, 4) is 0 Å². The van der Waals surface area contributed by atoms with Gasteiger partial charge in [0.25, 0.3) is 0 Å². The summed E-state index contributed by atoms with van der Waals surface area (Å²) in [6.07, 6.45) is 0.962. The van der Waals surface area contributed by atoms with E-state index >= 15 is 0 Å². The molecule has 1 saturated heterocycles. The maximum atomic E-state index is 11.1. The zero-order chi connectivity index (χ0) is 9.68. The first-order valence-corrected chi connectivity index (χ1v) is 4.98. The van der Waals surface area contributed by atoms with E-state index in [1.165, 1.54) is 0 Å². The third kappa shape index (κ3) is 3.54. The monoisotopic (exact) mass is 205 g/mol. The molecule has 76 valence electrons. The van der Waals surface area contributed by atoms with Gasteiger partial charge in [0.15, 0.2) is 0 Å². The number of ether oxygens (including phenoxy) is 2. The molecule has 0 amide bonds. The van der Waals surface area contributed by atoms with Gasteiger partial charge < -0.3 is 15.2 Å². The van der Waals surface area contributed by atoms with Crippen LogP contribution >= 0.6 is 12.6 Å². The van der Waals surface area contributed by atoms with E-state index < -0.39 is 6.04 Å². The predicted octanol–water partition coefficient (Wildman–Crippen LogP) is -0.177. The highest BCUT2D eigenvalue weighted by atomic mass is 32.1. The Morgan fingerprint density at radius 1 is 1.77 bits per heavy atom.